The zero-order valence-electron chi connectivity index (χ0n) is 24.8. The van der Waals surface area contributed by atoms with Crippen LogP contribution in [0.2, 0.25) is 0 Å². The third-order valence-electron chi connectivity index (χ3n) is 5.89. The van der Waals surface area contributed by atoms with E-state index in [0.29, 0.717) is 65.9 Å². The van der Waals surface area contributed by atoms with Crippen molar-refractivity contribution in [2.75, 3.05) is 79.8 Å². The van der Waals surface area contributed by atoms with Gasteiger partial charge in [0.1, 0.15) is 37.1 Å². The maximum Gasteiger partial charge on any atom is 0.166 e. The molecule has 1 unspecified atom stereocenters. The molecule has 3 rings (SSSR count). The normalized spacial score (nSPS) is 11.8. The van der Waals surface area contributed by atoms with Crippen LogP contribution in [0.1, 0.15) is 19.8 Å². The lowest BCUT2D eigenvalue weighted by molar-refractivity contribution is 0.0544. The first-order chi connectivity index (χ1) is 20.7. The maximum atomic E-state index is 8.86. The number of methoxy groups -OCH3 is 1. The lowest BCUT2D eigenvalue weighted by Crippen LogP contribution is -2.10. The van der Waals surface area contributed by atoms with Crippen molar-refractivity contribution < 1.29 is 38.3 Å². The lowest BCUT2D eigenvalue weighted by Gasteiger charge is -2.12. The molecular formula is C33H45O8S+. The Kier molecular flexibility index (Phi) is 16.8. The van der Waals surface area contributed by atoms with Gasteiger partial charge < -0.3 is 38.3 Å². The maximum absolute atomic E-state index is 8.86. The monoisotopic (exact) mass is 601 g/mol. The Morgan fingerprint density at radius 3 is 1.26 bits per heavy atom. The summed E-state index contributed by atoms with van der Waals surface area (Å²) in [6, 6.07) is 24.8. The van der Waals surface area contributed by atoms with Gasteiger partial charge in [-0.2, -0.15) is 0 Å². The van der Waals surface area contributed by atoms with Crippen molar-refractivity contribution in [1.82, 2.24) is 0 Å². The van der Waals surface area contributed by atoms with Gasteiger partial charge >= 0.3 is 0 Å². The largest absolute Gasteiger partial charge is 0.491 e. The van der Waals surface area contributed by atoms with Gasteiger partial charge in [-0.25, -0.2) is 0 Å². The van der Waals surface area contributed by atoms with E-state index in [4.69, 9.17) is 38.3 Å². The summed E-state index contributed by atoms with van der Waals surface area (Å²) >= 11 is 0. The topological polar surface area (TPSA) is 84.8 Å². The Balaban J connectivity index is 1.68. The minimum atomic E-state index is -0.350. The van der Waals surface area contributed by atoms with E-state index in [2.05, 4.69) is 43.3 Å². The SMILES string of the molecule is CCCOCCOc1ccc([S+](c2ccc(OCCOCCCO)cc2)c2ccc(OCCOCCOC)cc2)cc1. The highest BCUT2D eigenvalue weighted by Crippen LogP contribution is 2.34. The van der Waals surface area contributed by atoms with E-state index in [9.17, 15) is 0 Å². The molecule has 0 aromatic heterocycles. The van der Waals surface area contributed by atoms with Crippen LogP contribution >= 0.6 is 0 Å². The second-order valence-corrected chi connectivity index (χ2v) is 11.2. The van der Waals surface area contributed by atoms with Crippen LogP contribution in [0.4, 0.5) is 0 Å². The van der Waals surface area contributed by atoms with Crippen molar-refractivity contribution in [3.05, 3.63) is 72.8 Å². The number of benzene rings is 3. The second-order valence-electron chi connectivity index (χ2n) is 9.17. The molecule has 0 fully saturated rings. The van der Waals surface area contributed by atoms with Gasteiger partial charge in [0.2, 0.25) is 0 Å². The summed E-state index contributed by atoms with van der Waals surface area (Å²) in [4.78, 5) is 3.52. The Labute approximate surface area is 253 Å². The smallest absolute Gasteiger partial charge is 0.166 e. The molecular weight excluding hydrogens is 556 g/mol. The number of rotatable bonds is 23. The Hall–Kier alpha value is -2.79. The number of aliphatic hydroxyl groups excluding tert-OH is 1. The van der Waals surface area contributed by atoms with E-state index >= 15 is 0 Å². The van der Waals surface area contributed by atoms with Gasteiger partial charge in [-0.1, -0.05) is 6.92 Å². The fourth-order valence-corrected chi connectivity index (χ4v) is 5.88. The first-order valence-corrected chi connectivity index (χ1v) is 15.7. The van der Waals surface area contributed by atoms with Crippen LogP contribution < -0.4 is 14.2 Å². The zero-order valence-corrected chi connectivity index (χ0v) is 25.7. The van der Waals surface area contributed by atoms with Crippen LogP contribution in [0, 0.1) is 0 Å². The highest BCUT2D eigenvalue weighted by atomic mass is 32.2. The van der Waals surface area contributed by atoms with E-state index in [0.717, 1.165) is 30.3 Å². The summed E-state index contributed by atoms with van der Waals surface area (Å²) in [6.07, 6.45) is 1.63. The molecule has 0 aliphatic heterocycles. The van der Waals surface area contributed by atoms with Gasteiger partial charge in [-0.15, -0.1) is 0 Å². The van der Waals surface area contributed by atoms with Crippen LogP contribution in [0.5, 0.6) is 17.2 Å². The average molecular weight is 602 g/mol. The zero-order chi connectivity index (χ0) is 29.7. The molecule has 9 heteroatoms. The molecule has 0 amide bonds. The molecule has 0 saturated carbocycles. The van der Waals surface area contributed by atoms with Gasteiger partial charge in [0.25, 0.3) is 0 Å². The van der Waals surface area contributed by atoms with Crippen LogP contribution in [0.25, 0.3) is 0 Å². The third-order valence-corrected chi connectivity index (χ3v) is 8.13. The van der Waals surface area contributed by atoms with Gasteiger partial charge in [-0.3, -0.25) is 0 Å². The summed E-state index contributed by atoms with van der Waals surface area (Å²) in [7, 11) is 1.31. The molecule has 230 valence electrons. The Bertz CT molecular complexity index is 1020. The quantitative estimate of drug-likeness (QED) is 0.114. The van der Waals surface area contributed by atoms with E-state index in [1.165, 1.54) is 14.7 Å². The van der Waals surface area contributed by atoms with Crippen LogP contribution in [0.3, 0.4) is 0 Å². The average Bonchev–Trinajstić information content (AvgIpc) is 3.03. The number of aliphatic hydroxyl groups is 1. The summed E-state index contributed by atoms with van der Waals surface area (Å²) in [5.74, 6) is 2.42. The van der Waals surface area contributed by atoms with Crippen molar-refractivity contribution in [1.29, 1.82) is 0 Å². The molecule has 8 nitrogen and oxygen atoms in total. The van der Waals surface area contributed by atoms with Crippen molar-refractivity contribution in [3.63, 3.8) is 0 Å². The van der Waals surface area contributed by atoms with Crippen molar-refractivity contribution in [3.8, 4) is 17.2 Å². The van der Waals surface area contributed by atoms with E-state index in [-0.39, 0.29) is 17.5 Å². The van der Waals surface area contributed by atoms with Gasteiger partial charge in [0.05, 0.1) is 43.9 Å². The minimum Gasteiger partial charge on any atom is -0.491 e. The molecule has 1 atom stereocenters. The number of hydrogen-bond donors (Lipinski definition) is 1. The molecule has 1 N–H and O–H groups in total. The van der Waals surface area contributed by atoms with Crippen molar-refractivity contribution in [2.45, 2.75) is 34.5 Å². The van der Waals surface area contributed by atoms with Crippen LogP contribution in [0.15, 0.2) is 87.5 Å². The number of ether oxygens (including phenoxy) is 7. The summed E-state index contributed by atoms with van der Waals surface area (Å²) in [6.45, 7) is 7.68. The molecule has 0 aliphatic rings. The lowest BCUT2D eigenvalue weighted by atomic mass is 10.3. The molecule has 0 aliphatic carbocycles. The molecule has 0 radical (unpaired) electrons. The number of hydrogen-bond acceptors (Lipinski definition) is 8. The predicted molar refractivity (Wildman–Crippen MR) is 164 cm³/mol. The highest BCUT2D eigenvalue weighted by molar-refractivity contribution is 7.97. The highest BCUT2D eigenvalue weighted by Gasteiger charge is 2.29. The van der Waals surface area contributed by atoms with Gasteiger partial charge in [0, 0.05) is 26.9 Å². The Morgan fingerprint density at radius 1 is 0.500 bits per heavy atom. The molecule has 3 aromatic carbocycles. The minimum absolute atomic E-state index is 0.133. The van der Waals surface area contributed by atoms with Crippen LogP contribution in [-0.2, 0) is 29.8 Å². The molecule has 0 heterocycles. The van der Waals surface area contributed by atoms with Crippen molar-refractivity contribution >= 4 is 10.9 Å². The first kappa shape index (κ1) is 33.7. The summed E-state index contributed by atoms with van der Waals surface area (Å²) in [5.41, 5.74) is 0. The fraction of sp³-hybridized carbons (Fsp3) is 0.455. The predicted octanol–water partition coefficient (Wildman–Crippen LogP) is 5.41. The molecule has 0 spiro atoms. The Morgan fingerprint density at radius 2 is 0.881 bits per heavy atom. The van der Waals surface area contributed by atoms with Crippen LogP contribution in [-0.4, -0.2) is 84.9 Å². The molecule has 3 aromatic rings. The first-order valence-electron chi connectivity index (χ1n) is 14.5. The summed E-state index contributed by atoms with van der Waals surface area (Å²) in [5, 5.41) is 8.86. The van der Waals surface area contributed by atoms with Gasteiger partial charge in [-0.05, 0) is 85.6 Å². The second kappa shape index (κ2) is 21.0. The van der Waals surface area contributed by atoms with E-state index < -0.39 is 0 Å². The molecule has 0 bridgehead atoms. The molecule has 0 saturated heterocycles. The van der Waals surface area contributed by atoms with Crippen molar-refractivity contribution in [2.24, 2.45) is 0 Å². The van der Waals surface area contributed by atoms with E-state index in [1.54, 1.807) is 7.11 Å². The third kappa shape index (κ3) is 12.6. The summed E-state index contributed by atoms with van der Waals surface area (Å²) < 4.78 is 39.1. The standard InChI is InChI=1S/C33H45O8S/c1-3-18-36-22-25-39-28-5-11-31(12-6-28)42(32-13-7-29(8-14-32)40-26-23-37-19-4-17-34)33-15-9-30(10-16-33)41-27-24-38-21-20-35-2/h5-16,34H,3-4,17-27H2,1-2H3/q+1. The fourth-order valence-electron chi connectivity index (χ4n) is 3.84. The molecule has 42 heavy (non-hydrogen) atoms. The van der Waals surface area contributed by atoms with E-state index in [1.807, 2.05) is 36.4 Å². The van der Waals surface area contributed by atoms with Gasteiger partial charge in [0.15, 0.2) is 14.7 Å².